The van der Waals surface area contributed by atoms with Crippen LogP contribution in [0.5, 0.6) is 0 Å². The van der Waals surface area contributed by atoms with Crippen LogP contribution in [0.1, 0.15) is 11.1 Å². The molecular weight excluding hydrogens is 399 g/mol. The third-order valence-electron chi connectivity index (χ3n) is 3.08. The van der Waals surface area contributed by atoms with Crippen LogP contribution in [0.15, 0.2) is 53.4 Å². The SMILES string of the molecule is NS(=O)(=O)c1ccc(CCNCc2ccc(I)cc2)cc1. The zero-order chi connectivity index (χ0) is 15.3. The monoisotopic (exact) mass is 416 g/mol. The van der Waals surface area contributed by atoms with E-state index in [1.807, 2.05) is 0 Å². The summed E-state index contributed by atoms with van der Waals surface area (Å²) in [6, 6.07) is 15.1. The van der Waals surface area contributed by atoms with Crippen molar-refractivity contribution in [3.8, 4) is 0 Å². The lowest BCUT2D eigenvalue weighted by Gasteiger charge is -2.06. The fraction of sp³-hybridized carbons (Fsp3) is 0.200. The second-order valence-electron chi connectivity index (χ2n) is 4.74. The number of hydrogen-bond donors (Lipinski definition) is 2. The minimum absolute atomic E-state index is 0.151. The Hall–Kier alpha value is -0.960. The van der Waals surface area contributed by atoms with E-state index in [1.165, 1.54) is 9.13 Å². The van der Waals surface area contributed by atoms with E-state index >= 15 is 0 Å². The molecule has 0 bridgehead atoms. The van der Waals surface area contributed by atoms with Crippen LogP contribution in [0.2, 0.25) is 0 Å². The first-order valence-electron chi connectivity index (χ1n) is 6.52. The summed E-state index contributed by atoms with van der Waals surface area (Å²) in [7, 11) is -3.60. The Morgan fingerprint density at radius 1 is 0.952 bits per heavy atom. The molecule has 2 rings (SSSR count). The lowest BCUT2D eigenvalue weighted by atomic mass is 10.1. The highest BCUT2D eigenvalue weighted by Crippen LogP contribution is 2.09. The summed E-state index contributed by atoms with van der Waals surface area (Å²) in [6.45, 7) is 1.66. The minimum Gasteiger partial charge on any atom is -0.312 e. The van der Waals surface area contributed by atoms with Crippen LogP contribution >= 0.6 is 22.6 Å². The second-order valence-corrected chi connectivity index (χ2v) is 7.55. The van der Waals surface area contributed by atoms with Crippen LogP contribution in [0.25, 0.3) is 0 Å². The van der Waals surface area contributed by atoms with Crippen molar-refractivity contribution in [1.29, 1.82) is 0 Å². The number of nitrogens with two attached hydrogens (primary N) is 1. The van der Waals surface area contributed by atoms with Crippen LogP contribution in [0.4, 0.5) is 0 Å². The maximum absolute atomic E-state index is 11.2. The zero-order valence-electron chi connectivity index (χ0n) is 11.4. The summed E-state index contributed by atoms with van der Waals surface area (Å²) in [5.41, 5.74) is 2.33. The predicted octanol–water partition coefficient (Wildman–Crippen LogP) is 2.27. The van der Waals surface area contributed by atoms with Crippen molar-refractivity contribution in [3.63, 3.8) is 0 Å². The van der Waals surface area contributed by atoms with Crippen molar-refractivity contribution >= 4 is 32.6 Å². The highest BCUT2D eigenvalue weighted by Gasteiger charge is 2.06. The standard InChI is InChI=1S/C15H17IN2O2S/c16-14-5-1-13(2-6-14)11-18-10-9-12-3-7-15(8-4-12)21(17,19)20/h1-8,18H,9-11H2,(H2,17,19,20). The molecule has 0 saturated carbocycles. The summed E-state index contributed by atoms with van der Waals surface area (Å²) in [5, 5.41) is 8.43. The molecule has 112 valence electrons. The van der Waals surface area contributed by atoms with Crippen molar-refractivity contribution in [2.24, 2.45) is 5.14 Å². The van der Waals surface area contributed by atoms with Gasteiger partial charge in [0.25, 0.3) is 0 Å². The van der Waals surface area contributed by atoms with E-state index in [-0.39, 0.29) is 4.90 Å². The lowest BCUT2D eigenvalue weighted by Crippen LogP contribution is -2.17. The largest absolute Gasteiger partial charge is 0.312 e. The second kappa shape index (κ2) is 7.35. The van der Waals surface area contributed by atoms with E-state index in [9.17, 15) is 8.42 Å². The molecular formula is C15H17IN2O2S. The van der Waals surface area contributed by atoms with Gasteiger partial charge in [0.05, 0.1) is 4.90 Å². The number of benzene rings is 2. The number of primary sulfonamides is 1. The van der Waals surface area contributed by atoms with Gasteiger partial charge in [-0.15, -0.1) is 0 Å². The lowest BCUT2D eigenvalue weighted by molar-refractivity contribution is 0.597. The van der Waals surface area contributed by atoms with Gasteiger partial charge < -0.3 is 5.32 Å². The molecule has 0 atom stereocenters. The summed E-state index contributed by atoms with van der Waals surface area (Å²) in [5.74, 6) is 0. The van der Waals surface area contributed by atoms with Crippen molar-refractivity contribution in [3.05, 3.63) is 63.2 Å². The minimum atomic E-state index is -3.60. The summed E-state index contributed by atoms with van der Waals surface area (Å²) < 4.78 is 23.5. The molecule has 4 nitrogen and oxygen atoms in total. The van der Waals surface area contributed by atoms with E-state index in [0.717, 1.165) is 25.1 Å². The van der Waals surface area contributed by atoms with Gasteiger partial charge in [0.1, 0.15) is 0 Å². The van der Waals surface area contributed by atoms with Gasteiger partial charge in [-0.3, -0.25) is 0 Å². The molecule has 0 saturated heterocycles. The highest BCUT2D eigenvalue weighted by atomic mass is 127. The van der Waals surface area contributed by atoms with E-state index in [0.29, 0.717) is 0 Å². The Morgan fingerprint density at radius 3 is 2.10 bits per heavy atom. The quantitative estimate of drug-likeness (QED) is 0.561. The molecule has 0 spiro atoms. The van der Waals surface area contributed by atoms with Gasteiger partial charge in [0.15, 0.2) is 0 Å². The molecule has 6 heteroatoms. The van der Waals surface area contributed by atoms with Crippen LogP contribution in [-0.2, 0) is 23.0 Å². The van der Waals surface area contributed by atoms with E-state index in [2.05, 4.69) is 52.2 Å². The molecule has 3 N–H and O–H groups in total. The molecule has 0 heterocycles. The Labute approximate surface area is 138 Å². The Balaban J connectivity index is 1.80. The van der Waals surface area contributed by atoms with Gasteiger partial charge in [-0.05, 0) is 70.9 Å². The van der Waals surface area contributed by atoms with Gasteiger partial charge in [-0.1, -0.05) is 24.3 Å². The van der Waals surface area contributed by atoms with Gasteiger partial charge in [-0.2, -0.15) is 0 Å². The van der Waals surface area contributed by atoms with Gasteiger partial charge in [-0.25, -0.2) is 13.6 Å². The Kier molecular flexibility index (Phi) is 5.74. The normalized spacial score (nSPS) is 11.5. The number of halogens is 1. The van der Waals surface area contributed by atoms with Crippen LogP contribution in [0.3, 0.4) is 0 Å². The molecule has 2 aromatic rings. The fourth-order valence-corrected chi connectivity index (χ4v) is 2.79. The Bertz CT molecular complexity index is 683. The van der Waals surface area contributed by atoms with E-state index < -0.39 is 10.0 Å². The molecule has 2 aromatic carbocycles. The molecule has 0 aliphatic carbocycles. The summed E-state index contributed by atoms with van der Waals surface area (Å²) in [4.78, 5) is 0.151. The van der Waals surface area contributed by atoms with Crippen molar-refractivity contribution in [1.82, 2.24) is 5.32 Å². The number of nitrogens with one attached hydrogen (secondary N) is 1. The average Bonchev–Trinajstić information content (AvgIpc) is 2.45. The average molecular weight is 416 g/mol. The summed E-state index contributed by atoms with van der Waals surface area (Å²) >= 11 is 2.29. The molecule has 21 heavy (non-hydrogen) atoms. The zero-order valence-corrected chi connectivity index (χ0v) is 14.4. The van der Waals surface area contributed by atoms with E-state index in [4.69, 9.17) is 5.14 Å². The highest BCUT2D eigenvalue weighted by molar-refractivity contribution is 14.1. The molecule has 0 radical (unpaired) electrons. The molecule has 0 fully saturated rings. The maximum Gasteiger partial charge on any atom is 0.238 e. The first-order valence-corrected chi connectivity index (χ1v) is 9.14. The van der Waals surface area contributed by atoms with Gasteiger partial charge in [0, 0.05) is 10.1 Å². The van der Waals surface area contributed by atoms with E-state index in [1.54, 1.807) is 24.3 Å². The first kappa shape index (κ1) is 16.4. The van der Waals surface area contributed by atoms with Gasteiger partial charge in [0.2, 0.25) is 10.0 Å². The third-order valence-corrected chi connectivity index (χ3v) is 4.73. The molecule has 0 aliphatic heterocycles. The smallest absolute Gasteiger partial charge is 0.238 e. The van der Waals surface area contributed by atoms with Crippen LogP contribution < -0.4 is 10.5 Å². The number of sulfonamides is 1. The van der Waals surface area contributed by atoms with Crippen molar-refractivity contribution < 1.29 is 8.42 Å². The van der Waals surface area contributed by atoms with Crippen molar-refractivity contribution in [2.45, 2.75) is 17.9 Å². The fourth-order valence-electron chi connectivity index (χ4n) is 1.91. The third kappa shape index (κ3) is 5.39. The summed E-state index contributed by atoms with van der Waals surface area (Å²) in [6.07, 6.45) is 0.843. The van der Waals surface area contributed by atoms with Crippen molar-refractivity contribution in [2.75, 3.05) is 6.54 Å². The number of rotatable bonds is 6. The van der Waals surface area contributed by atoms with Crippen LogP contribution in [0, 0.1) is 3.57 Å². The van der Waals surface area contributed by atoms with Crippen LogP contribution in [-0.4, -0.2) is 15.0 Å². The molecule has 0 aromatic heterocycles. The molecule has 0 amide bonds. The topological polar surface area (TPSA) is 72.2 Å². The van der Waals surface area contributed by atoms with Gasteiger partial charge >= 0.3 is 0 Å². The molecule has 0 unspecified atom stereocenters. The molecule has 0 aliphatic rings. The first-order chi connectivity index (χ1) is 9.95. The Morgan fingerprint density at radius 2 is 1.52 bits per heavy atom. The number of hydrogen-bond acceptors (Lipinski definition) is 3. The maximum atomic E-state index is 11.2. The predicted molar refractivity (Wildman–Crippen MR) is 92.4 cm³/mol.